The van der Waals surface area contributed by atoms with Crippen LogP contribution in [0.1, 0.15) is 12.0 Å². The molecule has 2 aromatic heterocycles. The minimum atomic E-state index is -0.0240. The fourth-order valence-electron chi connectivity index (χ4n) is 3.22. The lowest BCUT2D eigenvalue weighted by molar-refractivity contribution is 0.189. The van der Waals surface area contributed by atoms with Gasteiger partial charge in [0.05, 0.1) is 17.1 Å². The predicted molar refractivity (Wildman–Crippen MR) is 123 cm³/mol. The summed E-state index contributed by atoms with van der Waals surface area (Å²) in [4.78, 5) is 22.0. The summed E-state index contributed by atoms with van der Waals surface area (Å²) in [7, 11) is 1.66. The molecule has 158 valence electrons. The molecule has 2 aromatic carbocycles. The van der Waals surface area contributed by atoms with Crippen molar-refractivity contribution in [3.63, 3.8) is 0 Å². The Bertz CT molecular complexity index is 1210. The number of hydrogen-bond acceptors (Lipinski definition) is 6. The van der Waals surface area contributed by atoms with E-state index in [-0.39, 0.29) is 5.56 Å². The summed E-state index contributed by atoms with van der Waals surface area (Å²) in [5, 5.41) is 1.32. The van der Waals surface area contributed by atoms with Crippen LogP contribution >= 0.6 is 11.8 Å². The molecule has 0 aliphatic heterocycles. The van der Waals surface area contributed by atoms with Crippen molar-refractivity contribution in [1.82, 2.24) is 14.5 Å². The number of pyridine rings is 1. The van der Waals surface area contributed by atoms with E-state index in [9.17, 15) is 4.79 Å². The van der Waals surface area contributed by atoms with E-state index in [1.165, 1.54) is 11.8 Å². The third-order valence-electron chi connectivity index (χ3n) is 4.75. The Morgan fingerprint density at radius 3 is 2.71 bits per heavy atom. The van der Waals surface area contributed by atoms with Crippen LogP contribution in [0.2, 0.25) is 0 Å². The molecule has 0 fully saturated rings. The summed E-state index contributed by atoms with van der Waals surface area (Å²) in [6.07, 6.45) is 4.13. The van der Waals surface area contributed by atoms with Gasteiger partial charge in [0.2, 0.25) is 0 Å². The Hall–Kier alpha value is -3.16. The molecule has 0 saturated carbocycles. The third-order valence-corrected chi connectivity index (χ3v) is 5.77. The smallest absolute Gasteiger partial charge is 0.262 e. The number of nitrogens with zero attached hydrogens (tertiary/aromatic N) is 3. The van der Waals surface area contributed by atoms with Gasteiger partial charge in [0, 0.05) is 37.8 Å². The molecule has 0 radical (unpaired) electrons. The van der Waals surface area contributed by atoms with Crippen molar-refractivity contribution in [2.75, 3.05) is 13.7 Å². The summed E-state index contributed by atoms with van der Waals surface area (Å²) < 4.78 is 12.9. The molecule has 2 heterocycles. The van der Waals surface area contributed by atoms with E-state index in [1.54, 1.807) is 24.1 Å². The SMILES string of the molecule is COCCCn1c(SCc2ccccc2Oc2cccnc2)nc2ccccc2c1=O. The second kappa shape index (κ2) is 10.2. The van der Waals surface area contributed by atoms with Gasteiger partial charge >= 0.3 is 0 Å². The summed E-state index contributed by atoms with van der Waals surface area (Å²) in [6, 6.07) is 19.0. The molecule has 0 amide bonds. The van der Waals surface area contributed by atoms with E-state index in [0.29, 0.717) is 40.7 Å². The maximum Gasteiger partial charge on any atom is 0.262 e. The van der Waals surface area contributed by atoms with Crippen LogP contribution in [0.5, 0.6) is 11.5 Å². The Morgan fingerprint density at radius 1 is 1.03 bits per heavy atom. The van der Waals surface area contributed by atoms with Crippen molar-refractivity contribution in [2.45, 2.75) is 23.9 Å². The molecule has 0 unspecified atom stereocenters. The summed E-state index contributed by atoms with van der Waals surface area (Å²) >= 11 is 1.53. The molecule has 31 heavy (non-hydrogen) atoms. The summed E-state index contributed by atoms with van der Waals surface area (Å²) in [5.41, 5.74) is 1.70. The highest BCUT2D eigenvalue weighted by molar-refractivity contribution is 7.98. The number of methoxy groups -OCH3 is 1. The number of benzene rings is 2. The van der Waals surface area contributed by atoms with E-state index in [4.69, 9.17) is 14.5 Å². The van der Waals surface area contributed by atoms with Crippen LogP contribution in [0.25, 0.3) is 10.9 Å². The van der Waals surface area contributed by atoms with Gasteiger partial charge in [-0.3, -0.25) is 14.3 Å². The topological polar surface area (TPSA) is 66.2 Å². The largest absolute Gasteiger partial charge is 0.455 e. The number of thioether (sulfide) groups is 1. The molecule has 0 saturated heterocycles. The van der Waals surface area contributed by atoms with Crippen LogP contribution in [0, 0.1) is 0 Å². The molecule has 4 aromatic rings. The first-order valence-corrected chi connectivity index (χ1v) is 11.0. The number of fused-ring (bicyclic) bond motifs is 1. The Labute approximate surface area is 184 Å². The average Bonchev–Trinajstić information content (AvgIpc) is 2.81. The van der Waals surface area contributed by atoms with Crippen LogP contribution in [0.3, 0.4) is 0 Å². The monoisotopic (exact) mass is 433 g/mol. The van der Waals surface area contributed by atoms with Crippen LogP contribution < -0.4 is 10.3 Å². The maximum absolute atomic E-state index is 13.1. The predicted octanol–water partition coefficient (Wildman–Crippen LogP) is 4.91. The van der Waals surface area contributed by atoms with E-state index < -0.39 is 0 Å². The second-order valence-corrected chi connectivity index (χ2v) is 7.84. The highest BCUT2D eigenvalue weighted by atomic mass is 32.2. The van der Waals surface area contributed by atoms with Gasteiger partial charge in [0.25, 0.3) is 5.56 Å². The first-order valence-electron chi connectivity index (χ1n) is 10.0. The zero-order valence-corrected chi connectivity index (χ0v) is 18.0. The highest BCUT2D eigenvalue weighted by Crippen LogP contribution is 2.30. The van der Waals surface area contributed by atoms with Crippen molar-refractivity contribution in [2.24, 2.45) is 0 Å². The first kappa shape index (κ1) is 21.1. The van der Waals surface area contributed by atoms with E-state index in [0.717, 1.165) is 17.7 Å². The van der Waals surface area contributed by atoms with Gasteiger partial charge in [-0.15, -0.1) is 0 Å². The number of aromatic nitrogens is 3. The normalized spacial score (nSPS) is 11.0. The zero-order valence-electron chi connectivity index (χ0n) is 17.2. The lowest BCUT2D eigenvalue weighted by Gasteiger charge is -2.14. The van der Waals surface area contributed by atoms with Gasteiger partial charge in [0.1, 0.15) is 11.5 Å². The fourth-order valence-corrected chi connectivity index (χ4v) is 4.24. The molecule has 7 heteroatoms. The standard InChI is InChI=1S/C24H23N3O3S/c1-29-15-7-14-27-23(28)20-10-3-4-11-21(20)26-24(27)31-17-18-8-2-5-12-22(18)30-19-9-6-13-25-16-19/h2-6,8-13,16H,7,14-15,17H2,1H3. The molecule has 0 aliphatic carbocycles. The van der Waals surface area contributed by atoms with E-state index in [2.05, 4.69) is 4.98 Å². The highest BCUT2D eigenvalue weighted by Gasteiger charge is 2.13. The number of hydrogen-bond donors (Lipinski definition) is 0. The average molecular weight is 434 g/mol. The minimum absolute atomic E-state index is 0.0240. The lowest BCUT2D eigenvalue weighted by Crippen LogP contribution is -2.24. The van der Waals surface area contributed by atoms with Gasteiger partial charge < -0.3 is 9.47 Å². The van der Waals surface area contributed by atoms with Crippen molar-refractivity contribution < 1.29 is 9.47 Å². The van der Waals surface area contributed by atoms with Crippen LogP contribution in [-0.4, -0.2) is 28.3 Å². The number of ether oxygens (including phenoxy) is 2. The molecule has 6 nitrogen and oxygen atoms in total. The van der Waals surface area contributed by atoms with Crippen LogP contribution in [0.15, 0.2) is 83.0 Å². The van der Waals surface area contributed by atoms with Crippen LogP contribution in [-0.2, 0) is 17.0 Å². The zero-order chi connectivity index (χ0) is 21.5. The van der Waals surface area contributed by atoms with Gasteiger partial charge in [0.15, 0.2) is 5.16 Å². The maximum atomic E-state index is 13.1. The Kier molecular flexibility index (Phi) is 6.96. The van der Waals surface area contributed by atoms with E-state index in [1.807, 2.05) is 60.7 Å². The fraction of sp³-hybridized carbons (Fsp3) is 0.208. The Balaban J connectivity index is 1.62. The van der Waals surface area contributed by atoms with Crippen molar-refractivity contribution >= 4 is 22.7 Å². The molecule has 0 atom stereocenters. The Morgan fingerprint density at radius 2 is 1.87 bits per heavy atom. The summed E-state index contributed by atoms with van der Waals surface area (Å²) in [6.45, 7) is 1.14. The molecule has 0 aliphatic rings. The second-order valence-electron chi connectivity index (χ2n) is 6.90. The minimum Gasteiger partial charge on any atom is -0.455 e. The van der Waals surface area contributed by atoms with E-state index >= 15 is 0 Å². The lowest BCUT2D eigenvalue weighted by atomic mass is 10.2. The molecule has 0 N–H and O–H groups in total. The molecule has 0 bridgehead atoms. The van der Waals surface area contributed by atoms with Gasteiger partial charge in [-0.05, 0) is 36.8 Å². The van der Waals surface area contributed by atoms with Gasteiger partial charge in [-0.25, -0.2) is 4.98 Å². The molecule has 0 spiro atoms. The molecular formula is C24H23N3O3S. The summed E-state index contributed by atoms with van der Waals surface area (Å²) in [5.74, 6) is 2.06. The van der Waals surface area contributed by atoms with Crippen molar-refractivity contribution in [3.8, 4) is 11.5 Å². The number of para-hydroxylation sites is 2. The third kappa shape index (κ3) is 5.13. The molecular weight excluding hydrogens is 410 g/mol. The van der Waals surface area contributed by atoms with Gasteiger partial charge in [-0.2, -0.15) is 0 Å². The first-order chi connectivity index (χ1) is 15.3. The van der Waals surface area contributed by atoms with Crippen molar-refractivity contribution in [1.29, 1.82) is 0 Å². The van der Waals surface area contributed by atoms with Crippen LogP contribution in [0.4, 0.5) is 0 Å². The quantitative estimate of drug-likeness (QED) is 0.212. The number of rotatable bonds is 9. The van der Waals surface area contributed by atoms with Gasteiger partial charge in [-0.1, -0.05) is 42.1 Å². The molecule has 4 rings (SSSR count). The van der Waals surface area contributed by atoms with Crippen molar-refractivity contribution in [3.05, 3.63) is 89.0 Å².